The summed E-state index contributed by atoms with van der Waals surface area (Å²) in [4.78, 5) is 0. The van der Waals surface area contributed by atoms with Gasteiger partial charge in [-0.15, -0.1) is 11.6 Å². The van der Waals surface area contributed by atoms with E-state index in [0.29, 0.717) is 5.75 Å². The van der Waals surface area contributed by atoms with Gasteiger partial charge in [-0.1, -0.05) is 32.0 Å². The molecule has 2 atom stereocenters. The van der Waals surface area contributed by atoms with Gasteiger partial charge in [-0.2, -0.15) is 0 Å². The Morgan fingerprint density at radius 1 is 1.09 bits per heavy atom. The van der Waals surface area contributed by atoms with Crippen LogP contribution in [0, 0.1) is 5.82 Å². The lowest BCUT2D eigenvalue weighted by Crippen LogP contribution is -2.37. The molecule has 2 aromatic carbocycles. The fraction of sp³-hybridized carbons (Fsp3) is 0.417. The number of nitrogens with two attached hydrogens (primary N) is 2. The number of nitrogens with zero attached hydrogens (tertiary/aromatic N) is 1. The smallest absolute Gasteiger partial charge is 0.165 e. The van der Waals surface area contributed by atoms with Crippen molar-refractivity contribution in [2.75, 3.05) is 32.2 Å². The standard InChI is InChI=1S/C24H33ClFN3O5/c1-24(2,17-5-8-23(22(26)9-17)34-14-19(31)10-25)16-3-6-21(7-4-16)33-15-20(32)12-29(28)11-18(27)13-30/h3-9,11,19-20,30-32H,10,12-15,27-28H2,1-2H3/b18-11-. The molecule has 10 heteroatoms. The molecule has 2 rings (SSSR count). The Labute approximate surface area is 204 Å². The number of hydrogen-bond donors (Lipinski definition) is 5. The summed E-state index contributed by atoms with van der Waals surface area (Å²) in [5.74, 6) is 5.79. The minimum absolute atomic E-state index is 0.00790. The molecule has 0 saturated heterocycles. The van der Waals surface area contributed by atoms with Gasteiger partial charge in [0.15, 0.2) is 11.6 Å². The number of hydrogen-bond acceptors (Lipinski definition) is 8. The second kappa shape index (κ2) is 12.8. The molecule has 0 amide bonds. The van der Waals surface area contributed by atoms with Crippen molar-refractivity contribution in [3.63, 3.8) is 0 Å². The van der Waals surface area contributed by atoms with Gasteiger partial charge in [0.2, 0.25) is 0 Å². The topological polar surface area (TPSA) is 134 Å². The van der Waals surface area contributed by atoms with Crippen molar-refractivity contribution in [3.05, 3.63) is 71.3 Å². The fourth-order valence-electron chi connectivity index (χ4n) is 3.17. The van der Waals surface area contributed by atoms with Gasteiger partial charge >= 0.3 is 0 Å². The van der Waals surface area contributed by atoms with Gasteiger partial charge in [0, 0.05) is 11.6 Å². The third-order valence-corrected chi connectivity index (χ3v) is 5.57. The Bertz CT molecular complexity index is 943. The molecular weight excluding hydrogens is 465 g/mol. The Balaban J connectivity index is 1.99. The molecule has 0 aliphatic carbocycles. The summed E-state index contributed by atoms with van der Waals surface area (Å²) in [7, 11) is 0. The average Bonchev–Trinajstić information content (AvgIpc) is 2.81. The van der Waals surface area contributed by atoms with E-state index >= 15 is 0 Å². The predicted molar refractivity (Wildman–Crippen MR) is 129 cm³/mol. The van der Waals surface area contributed by atoms with Crippen LogP contribution in [0.2, 0.25) is 0 Å². The molecule has 0 aliphatic rings. The summed E-state index contributed by atoms with van der Waals surface area (Å²) in [6.07, 6.45) is -0.404. The number of halogens is 2. The highest BCUT2D eigenvalue weighted by Gasteiger charge is 2.24. The van der Waals surface area contributed by atoms with Gasteiger partial charge < -0.3 is 35.5 Å². The zero-order chi connectivity index (χ0) is 25.3. The first-order chi connectivity index (χ1) is 16.1. The number of aliphatic hydroxyl groups is 3. The second-order valence-electron chi connectivity index (χ2n) is 8.44. The van der Waals surface area contributed by atoms with E-state index in [1.165, 1.54) is 23.3 Å². The number of aliphatic hydroxyl groups excluding tert-OH is 3. The average molecular weight is 498 g/mol. The Morgan fingerprint density at radius 3 is 2.29 bits per heavy atom. The van der Waals surface area contributed by atoms with Gasteiger partial charge in [-0.05, 0) is 35.4 Å². The number of rotatable bonds is 13. The quantitative estimate of drug-likeness (QED) is 0.161. The third-order valence-electron chi connectivity index (χ3n) is 5.22. The summed E-state index contributed by atoms with van der Waals surface area (Å²) in [6, 6.07) is 12.0. The maximum absolute atomic E-state index is 14.6. The SMILES string of the molecule is CC(C)(c1ccc(OCC(O)CN(N)/C=C(\N)CO)cc1)c1ccc(OCC(O)CCl)c(F)c1. The predicted octanol–water partition coefficient (Wildman–Crippen LogP) is 1.84. The molecule has 8 nitrogen and oxygen atoms in total. The highest BCUT2D eigenvalue weighted by molar-refractivity contribution is 6.18. The van der Waals surface area contributed by atoms with Gasteiger partial charge in [-0.3, -0.25) is 0 Å². The van der Waals surface area contributed by atoms with Crippen molar-refractivity contribution in [3.8, 4) is 11.5 Å². The zero-order valence-corrected chi connectivity index (χ0v) is 20.1. The molecule has 188 valence electrons. The normalized spacial score (nSPS) is 13.9. The van der Waals surface area contributed by atoms with Crippen molar-refractivity contribution in [2.24, 2.45) is 11.6 Å². The van der Waals surface area contributed by atoms with Crippen LogP contribution in [-0.4, -0.2) is 64.8 Å². The number of ether oxygens (including phenoxy) is 2. The number of benzene rings is 2. The van der Waals surface area contributed by atoms with Crippen LogP contribution in [0.5, 0.6) is 11.5 Å². The third kappa shape index (κ3) is 8.03. The minimum Gasteiger partial charge on any atom is -0.491 e. The van der Waals surface area contributed by atoms with E-state index in [9.17, 15) is 14.6 Å². The lowest BCUT2D eigenvalue weighted by molar-refractivity contribution is 0.0815. The van der Waals surface area contributed by atoms with Crippen molar-refractivity contribution < 1.29 is 29.2 Å². The highest BCUT2D eigenvalue weighted by atomic mass is 35.5. The van der Waals surface area contributed by atoms with Crippen LogP contribution in [0.4, 0.5) is 4.39 Å². The van der Waals surface area contributed by atoms with E-state index in [2.05, 4.69) is 0 Å². The van der Waals surface area contributed by atoms with E-state index in [1.54, 1.807) is 18.2 Å². The summed E-state index contributed by atoms with van der Waals surface area (Å²) in [5, 5.41) is 29.6. The molecule has 7 N–H and O–H groups in total. The fourth-order valence-corrected chi connectivity index (χ4v) is 3.26. The van der Waals surface area contributed by atoms with Crippen LogP contribution in [0.3, 0.4) is 0 Å². The molecule has 0 heterocycles. The van der Waals surface area contributed by atoms with Gasteiger partial charge in [0.1, 0.15) is 31.2 Å². The molecule has 2 aromatic rings. The van der Waals surface area contributed by atoms with Gasteiger partial charge in [0.05, 0.1) is 24.7 Å². The number of hydrazine groups is 1. The van der Waals surface area contributed by atoms with Crippen LogP contribution < -0.4 is 21.1 Å². The molecule has 0 aromatic heterocycles. The largest absolute Gasteiger partial charge is 0.491 e. The van der Waals surface area contributed by atoms with Crippen LogP contribution in [0.25, 0.3) is 0 Å². The summed E-state index contributed by atoms with van der Waals surface area (Å²) in [5.41, 5.74) is 6.84. The molecular formula is C24H33ClFN3O5. The Hall–Kier alpha value is -2.56. The maximum Gasteiger partial charge on any atom is 0.165 e. The first-order valence-electron chi connectivity index (χ1n) is 10.7. The van der Waals surface area contributed by atoms with Crippen LogP contribution in [-0.2, 0) is 5.41 Å². The molecule has 0 bridgehead atoms. The molecule has 0 radical (unpaired) electrons. The molecule has 2 unspecified atom stereocenters. The van der Waals surface area contributed by atoms with Crippen LogP contribution in [0.15, 0.2) is 54.4 Å². The Kier molecular flexibility index (Phi) is 10.4. The molecule has 34 heavy (non-hydrogen) atoms. The van der Waals surface area contributed by atoms with E-state index in [0.717, 1.165) is 11.1 Å². The van der Waals surface area contributed by atoms with Gasteiger partial charge in [0.25, 0.3) is 0 Å². The van der Waals surface area contributed by atoms with Crippen molar-refractivity contribution in [1.82, 2.24) is 5.01 Å². The molecule has 0 aliphatic heterocycles. The van der Waals surface area contributed by atoms with E-state index in [4.69, 9.17) is 37.8 Å². The minimum atomic E-state index is -0.877. The summed E-state index contributed by atoms with van der Waals surface area (Å²) < 4.78 is 25.5. The van der Waals surface area contributed by atoms with E-state index < -0.39 is 23.4 Å². The summed E-state index contributed by atoms with van der Waals surface area (Å²) >= 11 is 5.53. The van der Waals surface area contributed by atoms with Crippen molar-refractivity contribution >= 4 is 11.6 Å². The Morgan fingerprint density at radius 2 is 1.71 bits per heavy atom. The number of alkyl halides is 1. The van der Waals surface area contributed by atoms with Crippen molar-refractivity contribution in [2.45, 2.75) is 31.5 Å². The first kappa shape index (κ1) is 27.7. The molecule has 0 spiro atoms. The first-order valence-corrected chi connectivity index (χ1v) is 11.3. The second-order valence-corrected chi connectivity index (χ2v) is 8.75. The maximum atomic E-state index is 14.6. The van der Waals surface area contributed by atoms with E-state index in [1.807, 2.05) is 26.0 Å². The lowest BCUT2D eigenvalue weighted by atomic mass is 9.78. The van der Waals surface area contributed by atoms with Crippen molar-refractivity contribution in [1.29, 1.82) is 0 Å². The molecule has 0 fully saturated rings. The molecule has 0 saturated carbocycles. The van der Waals surface area contributed by atoms with Crippen LogP contribution >= 0.6 is 11.6 Å². The zero-order valence-electron chi connectivity index (χ0n) is 19.3. The highest BCUT2D eigenvalue weighted by Crippen LogP contribution is 2.34. The van der Waals surface area contributed by atoms with Crippen LogP contribution in [0.1, 0.15) is 25.0 Å². The summed E-state index contributed by atoms with van der Waals surface area (Å²) in [6.45, 7) is 3.61. The monoisotopic (exact) mass is 497 g/mol. The van der Waals surface area contributed by atoms with Gasteiger partial charge in [-0.25, -0.2) is 10.2 Å². The van der Waals surface area contributed by atoms with E-state index in [-0.39, 0.29) is 43.7 Å². The lowest BCUT2D eigenvalue weighted by Gasteiger charge is -2.27.